The average Bonchev–Trinajstić information content (AvgIpc) is 3.02. The van der Waals surface area contributed by atoms with Crippen molar-refractivity contribution < 1.29 is 0 Å². The van der Waals surface area contributed by atoms with Crippen molar-refractivity contribution in [2.45, 2.75) is 13.0 Å². The van der Waals surface area contributed by atoms with Crippen LogP contribution in [0.15, 0.2) is 27.4 Å². The summed E-state index contributed by atoms with van der Waals surface area (Å²) in [5, 5.41) is 6.49. The summed E-state index contributed by atoms with van der Waals surface area (Å²) >= 11 is 15.0. The number of hydrogen-bond donors (Lipinski definition) is 1. The Morgan fingerprint density at radius 2 is 2.05 bits per heavy atom. The van der Waals surface area contributed by atoms with Crippen molar-refractivity contribution in [1.82, 2.24) is 5.32 Å². The van der Waals surface area contributed by atoms with E-state index in [1.807, 2.05) is 11.3 Å². The van der Waals surface area contributed by atoms with Crippen molar-refractivity contribution in [2.75, 3.05) is 6.54 Å². The summed E-state index contributed by atoms with van der Waals surface area (Å²) in [6.45, 7) is 3.07. The highest BCUT2D eigenvalue weighted by Crippen LogP contribution is 2.41. The first-order valence-corrected chi connectivity index (χ1v) is 9.52. The third-order valence-electron chi connectivity index (χ3n) is 2.80. The van der Waals surface area contributed by atoms with Crippen molar-refractivity contribution in [3.63, 3.8) is 0 Å². The van der Waals surface area contributed by atoms with Gasteiger partial charge >= 0.3 is 0 Å². The van der Waals surface area contributed by atoms with Crippen LogP contribution >= 0.6 is 61.5 Å². The number of nitrogens with one attached hydrogen (secondary N) is 1. The maximum absolute atomic E-state index is 6.16. The van der Waals surface area contributed by atoms with Crippen LogP contribution in [-0.4, -0.2) is 6.54 Å². The first kappa shape index (κ1) is 14.0. The highest BCUT2D eigenvalue weighted by atomic mass is 79.9. The lowest BCUT2D eigenvalue weighted by atomic mass is 10.2. The molecule has 19 heavy (non-hydrogen) atoms. The molecule has 100 valence electrons. The quantitative estimate of drug-likeness (QED) is 0.562. The smallest absolute Gasteiger partial charge is 0.0888 e. The molecule has 1 nitrogen and oxygen atoms in total. The Labute approximate surface area is 137 Å². The molecule has 0 aromatic carbocycles. The molecule has 0 aliphatic heterocycles. The fraction of sp³-hybridized carbons (Fsp3) is 0.231. The van der Waals surface area contributed by atoms with Gasteiger partial charge in [0.15, 0.2) is 0 Å². The lowest BCUT2D eigenvalue weighted by Crippen LogP contribution is -2.20. The third kappa shape index (κ3) is 2.77. The van der Waals surface area contributed by atoms with Crippen LogP contribution in [0.2, 0.25) is 5.02 Å². The lowest BCUT2D eigenvalue weighted by molar-refractivity contribution is 0.649. The van der Waals surface area contributed by atoms with Crippen LogP contribution in [0.25, 0.3) is 9.40 Å². The molecule has 0 fully saturated rings. The third-order valence-corrected chi connectivity index (χ3v) is 7.50. The fourth-order valence-corrected chi connectivity index (χ4v) is 6.11. The molecule has 0 aliphatic carbocycles. The van der Waals surface area contributed by atoms with Gasteiger partial charge in [-0.3, -0.25) is 0 Å². The maximum atomic E-state index is 6.16. The minimum atomic E-state index is 0.239. The van der Waals surface area contributed by atoms with Crippen molar-refractivity contribution in [3.05, 3.63) is 42.1 Å². The molecule has 3 aromatic heterocycles. The fourth-order valence-electron chi connectivity index (χ4n) is 1.98. The van der Waals surface area contributed by atoms with Gasteiger partial charge < -0.3 is 5.32 Å². The summed E-state index contributed by atoms with van der Waals surface area (Å²) < 4.78 is 3.74. The van der Waals surface area contributed by atoms with Crippen LogP contribution in [0.3, 0.4) is 0 Å². The highest BCUT2D eigenvalue weighted by molar-refractivity contribution is 9.11. The zero-order chi connectivity index (χ0) is 13.4. The van der Waals surface area contributed by atoms with E-state index in [1.54, 1.807) is 22.7 Å². The lowest BCUT2D eigenvalue weighted by Gasteiger charge is -2.14. The first-order valence-electron chi connectivity index (χ1n) is 5.84. The molecule has 0 amide bonds. The van der Waals surface area contributed by atoms with Crippen molar-refractivity contribution in [2.24, 2.45) is 0 Å². The number of hydrogen-bond acceptors (Lipinski definition) is 4. The second kappa shape index (κ2) is 5.84. The Bertz CT molecular complexity index is 652. The van der Waals surface area contributed by atoms with Crippen LogP contribution in [0.5, 0.6) is 0 Å². The van der Waals surface area contributed by atoms with E-state index in [2.05, 4.69) is 51.7 Å². The van der Waals surface area contributed by atoms with Crippen molar-refractivity contribution >= 4 is 70.9 Å². The standard InChI is InChI=1S/C13H11BrClNS3/c1-2-16-12(10-5-7(15)13(14)19-10)11-6-9-8(18-11)3-4-17-9/h3-6,12,16H,2H2,1H3. The van der Waals surface area contributed by atoms with Gasteiger partial charge in [-0.25, -0.2) is 0 Å². The summed E-state index contributed by atoms with van der Waals surface area (Å²) in [7, 11) is 0. The predicted octanol–water partition coefficient (Wildman–Crippen LogP) is 6.14. The molecule has 3 rings (SSSR count). The highest BCUT2D eigenvalue weighted by Gasteiger charge is 2.19. The normalized spacial score (nSPS) is 13.2. The number of thiophene rings is 3. The molecule has 3 aromatic rings. The summed E-state index contributed by atoms with van der Waals surface area (Å²) in [6.07, 6.45) is 0. The minimum absolute atomic E-state index is 0.239. The zero-order valence-electron chi connectivity index (χ0n) is 10.1. The topological polar surface area (TPSA) is 12.0 Å². The SMILES string of the molecule is CCNC(c1cc(Cl)c(Br)s1)c1cc2sccc2s1. The summed E-state index contributed by atoms with van der Waals surface area (Å²) in [4.78, 5) is 2.61. The molecule has 3 heterocycles. The monoisotopic (exact) mass is 391 g/mol. The van der Waals surface area contributed by atoms with Gasteiger partial charge in [-0.05, 0) is 46.1 Å². The molecule has 0 aliphatic rings. The van der Waals surface area contributed by atoms with E-state index in [0.29, 0.717) is 0 Å². The molecule has 1 N–H and O–H groups in total. The van der Waals surface area contributed by atoms with Crippen molar-refractivity contribution in [1.29, 1.82) is 0 Å². The molecule has 0 bridgehead atoms. The molecule has 0 saturated heterocycles. The van der Waals surface area contributed by atoms with Gasteiger partial charge in [-0.1, -0.05) is 18.5 Å². The Morgan fingerprint density at radius 1 is 1.26 bits per heavy atom. The zero-order valence-corrected chi connectivity index (χ0v) is 14.9. The summed E-state index contributed by atoms with van der Waals surface area (Å²) in [6, 6.07) is 6.77. The summed E-state index contributed by atoms with van der Waals surface area (Å²) in [5.74, 6) is 0. The molecule has 6 heteroatoms. The second-order valence-electron chi connectivity index (χ2n) is 4.06. The van der Waals surface area contributed by atoms with E-state index >= 15 is 0 Å². The Morgan fingerprint density at radius 3 is 2.68 bits per heavy atom. The Hall–Kier alpha value is 0.0900. The number of rotatable bonds is 4. The van der Waals surface area contributed by atoms with Gasteiger partial charge in [-0.15, -0.1) is 34.0 Å². The average molecular weight is 393 g/mol. The van der Waals surface area contributed by atoms with Gasteiger partial charge in [-0.2, -0.15) is 0 Å². The second-order valence-corrected chi connectivity index (χ2v) is 8.93. The van der Waals surface area contributed by atoms with Crippen LogP contribution < -0.4 is 5.32 Å². The van der Waals surface area contributed by atoms with E-state index < -0.39 is 0 Å². The van der Waals surface area contributed by atoms with Crippen LogP contribution in [-0.2, 0) is 0 Å². The number of fused-ring (bicyclic) bond motifs is 1. The van der Waals surface area contributed by atoms with Crippen LogP contribution in [0.4, 0.5) is 0 Å². The van der Waals surface area contributed by atoms with E-state index in [0.717, 1.165) is 15.4 Å². The van der Waals surface area contributed by atoms with Crippen LogP contribution in [0, 0.1) is 0 Å². The largest absolute Gasteiger partial charge is 0.305 e. The Kier molecular flexibility index (Phi) is 4.31. The minimum Gasteiger partial charge on any atom is -0.305 e. The van der Waals surface area contributed by atoms with Gasteiger partial charge in [0.05, 0.1) is 14.9 Å². The molecule has 0 spiro atoms. The van der Waals surface area contributed by atoms with E-state index in [1.165, 1.54) is 19.2 Å². The van der Waals surface area contributed by atoms with E-state index in [-0.39, 0.29) is 6.04 Å². The van der Waals surface area contributed by atoms with Gasteiger partial charge in [0.25, 0.3) is 0 Å². The van der Waals surface area contributed by atoms with Crippen molar-refractivity contribution in [3.8, 4) is 0 Å². The molecular weight excluding hydrogens is 382 g/mol. The van der Waals surface area contributed by atoms with Gasteiger partial charge in [0.2, 0.25) is 0 Å². The molecule has 1 atom stereocenters. The number of halogens is 2. The van der Waals surface area contributed by atoms with Gasteiger partial charge in [0, 0.05) is 19.2 Å². The first-order chi connectivity index (χ1) is 9.19. The molecule has 0 saturated carbocycles. The molecule has 0 radical (unpaired) electrons. The maximum Gasteiger partial charge on any atom is 0.0888 e. The van der Waals surface area contributed by atoms with E-state index in [4.69, 9.17) is 11.6 Å². The molecule has 1 unspecified atom stereocenters. The summed E-state index contributed by atoms with van der Waals surface area (Å²) in [5.41, 5.74) is 0. The Balaban J connectivity index is 2.02. The predicted molar refractivity (Wildman–Crippen MR) is 92.3 cm³/mol. The molecular formula is C13H11BrClNS3. The van der Waals surface area contributed by atoms with E-state index in [9.17, 15) is 0 Å². The van der Waals surface area contributed by atoms with Crippen LogP contribution in [0.1, 0.15) is 22.7 Å². The van der Waals surface area contributed by atoms with Gasteiger partial charge in [0.1, 0.15) is 0 Å².